The van der Waals surface area contributed by atoms with Crippen LogP contribution in [0.25, 0.3) is 11.1 Å². The summed E-state index contributed by atoms with van der Waals surface area (Å²) < 4.78 is 2.34. The average Bonchev–Trinajstić information content (AvgIpc) is 3.32. The number of pyridine rings is 1. The van der Waals surface area contributed by atoms with Gasteiger partial charge in [-0.05, 0) is 48.3 Å². The summed E-state index contributed by atoms with van der Waals surface area (Å²) >= 11 is 0. The molecule has 2 aliphatic carbocycles. The van der Waals surface area contributed by atoms with E-state index in [2.05, 4.69) is 61.1 Å². The molecular formula is C22H28N+. The van der Waals surface area contributed by atoms with Crippen LogP contribution in [0.3, 0.4) is 0 Å². The Labute approximate surface area is 140 Å². The van der Waals surface area contributed by atoms with Crippen LogP contribution in [0, 0.1) is 5.92 Å². The summed E-state index contributed by atoms with van der Waals surface area (Å²) in [5.41, 5.74) is 5.76. The maximum absolute atomic E-state index is 2.44. The Kier molecular flexibility index (Phi) is 3.97. The van der Waals surface area contributed by atoms with Crippen LogP contribution in [0.5, 0.6) is 0 Å². The number of aromatic nitrogens is 1. The highest BCUT2D eigenvalue weighted by Crippen LogP contribution is 2.45. The molecule has 2 fully saturated rings. The molecule has 2 unspecified atom stereocenters. The van der Waals surface area contributed by atoms with Gasteiger partial charge in [-0.1, -0.05) is 50.5 Å². The van der Waals surface area contributed by atoms with Crippen molar-refractivity contribution in [1.82, 2.24) is 0 Å². The fourth-order valence-corrected chi connectivity index (χ4v) is 4.32. The lowest BCUT2D eigenvalue weighted by atomic mass is 9.83. The van der Waals surface area contributed by atoms with Gasteiger partial charge in [0.15, 0.2) is 11.9 Å². The number of nitrogens with zero attached hydrogens (tertiary/aromatic N) is 1. The molecule has 0 spiro atoms. The second kappa shape index (κ2) is 6.11. The first-order valence-electron chi connectivity index (χ1n) is 9.32. The Hall–Kier alpha value is -1.63. The molecule has 2 aliphatic rings. The van der Waals surface area contributed by atoms with Gasteiger partial charge in [0.05, 0.1) is 0 Å². The molecule has 2 atom stereocenters. The van der Waals surface area contributed by atoms with Crippen molar-refractivity contribution in [3.63, 3.8) is 0 Å². The van der Waals surface area contributed by atoms with Gasteiger partial charge in [0.2, 0.25) is 0 Å². The van der Waals surface area contributed by atoms with Crippen LogP contribution in [-0.4, -0.2) is 0 Å². The van der Waals surface area contributed by atoms with E-state index < -0.39 is 0 Å². The SMILES string of the molecule is CC1CC1c1ccc(-c2cccc(C3CCCCC3)c2)c[n+]1C. The number of aryl methyl sites for hydroxylation is 1. The van der Waals surface area contributed by atoms with E-state index in [0.717, 1.165) is 17.8 Å². The lowest BCUT2D eigenvalue weighted by Gasteiger charge is -2.22. The van der Waals surface area contributed by atoms with Crippen molar-refractivity contribution in [2.45, 2.75) is 57.3 Å². The van der Waals surface area contributed by atoms with Gasteiger partial charge in [0.25, 0.3) is 0 Å². The summed E-state index contributed by atoms with van der Waals surface area (Å²) in [6.45, 7) is 2.35. The molecule has 1 aromatic carbocycles. The molecule has 0 N–H and O–H groups in total. The summed E-state index contributed by atoms with van der Waals surface area (Å²) in [6.07, 6.45) is 10.6. The molecule has 1 heterocycles. The molecular weight excluding hydrogens is 278 g/mol. The van der Waals surface area contributed by atoms with Crippen molar-refractivity contribution < 1.29 is 4.57 Å². The number of hydrogen-bond acceptors (Lipinski definition) is 0. The van der Waals surface area contributed by atoms with Crippen molar-refractivity contribution in [2.24, 2.45) is 13.0 Å². The van der Waals surface area contributed by atoms with E-state index in [1.165, 1.54) is 55.3 Å². The average molecular weight is 306 g/mol. The lowest BCUT2D eigenvalue weighted by molar-refractivity contribution is -0.679. The second-order valence-corrected chi connectivity index (χ2v) is 7.73. The third kappa shape index (κ3) is 3.06. The molecule has 120 valence electrons. The summed E-state index contributed by atoms with van der Waals surface area (Å²) in [4.78, 5) is 0. The smallest absolute Gasteiger partial charge is 0.184 e. The minimum absolute atomic E-state index is 0.780. The Morgan fingerprint density at radius 3 is 2.43 bits per heavy atom. The highest BCUT2D eigenvalue weighted by atomic mass is 14.9. The summed E-state index contributed by atoms with van der Waals surface area (Å²) in [6, 6.07) is 13.9. The molecule has 1 heteroatoms. The Balaban J connectivity index is 1.61. The van der Waals surface area contributed by atoms with Crippen LogP contribution in [-0.2, 0) is 7.05 Å². The Bertz CT molecular complexity index is 697. The van der Waals surface area contributed by atoms with Crippen molar-refractivity contribution in [3.05, 3.63) is 53.9 Å². The molecule has 0 saturated heterocycles. The van der Waals surface area contributed by atoms with Crippen LogP contribution in [0.1, 0.15) is 68.5 Å². The quantitative estimate of drug-likeness (QED) is 0.673. The minimum Gasteiger partial charge on any atom is -0.204 e. The fraction of sp³-hybridized carbons (Fsp3) is 0.500. The Morgan fingerprint density at radius 2 is 1.74 bits per heavy atom. The molecule has 23 heavy (non-hydrogen) atoms. The van der Waals surface area contributed by atoms with E-state index in [1.807, 2.05) is 0 Å². The molecule has 1 aromatic heterocycles. The largest absolute Gasteiger partial charge is 0.204 e. The molecule has 1 nitrogen and oxygen atoms in total. The second-order valence-electron chi connectivity index (χ2n) is 7.73. The van der Waals surface area contributed by atoms with Gasteiger partial charge in [-0.3, -0.25) is 0 Å². The van der Waals surface area contributed by atoms with E-state index in [-0.39, 0.29) is 0 Å². The van der Waals surface area contributed by atoms with E-state index >= 15 is 0 Å². The molecule has 2 aromatic rings. The number of hydrogen-bond donors (Lipinski definition) is 0. The number of rotatable bonds is 3. The Morgan fingerprint density at radius 1 is 0.957 bits per heavy atom. The van der Waals surface area contributed by atoms with Gasteiger partial charge in [-0.25, -0.2) is 4.57 Å². The lowest BCUT2D eigenvalue weighted by Crippen LogP contribution is -2.33. The van der Waals surface area contributed by atoms with Crippen molar-refractivity contribution in [2.75, 3.05) is 0 Å². The summed E-state index contributed by atoms with van der Waals surface area (Å²) in [7, 11) is 2.20. The highest BCUT2D eigenvalue weighted by Gasteiger charge is 2.39. The van der Waals surface area contributed by atoms with Gasteiger partial charge in [-0.15, -0.1) is 0 Å². The van der Waals surface area contributed by atoms with E-state index in [9.17, 15) is 0 Å². The van der Waals surface area contributed by atoms with Crippen molar-refractivity contribution in [3.8, 4) is 11.1 Å². The zero-order chi connectivity index (χ0) is 15.8. The molecule has 4 rings (SSSR count). The first-order valence-corrected chi connectivity index (χ1v) is 9.32. The monoisotopic (exact) mass is 306 g/mol. The molecule has 0 radical (unpaired) electrons. The topological polar surface area (TPSA) is 3.88 Å². The zero-order valence-electron chi connectivity index (χ0n) is 14.5. The van der Waals surface area contributed by atoms with Gasteiger partial charge in [0, 0.05) is 17.5 Å². The van der Waals surface area contributed by atoms with Crippen LogP contribution >= 0.6 is 0 Å². The highest BCUT2D eigenvalue weighted by molar-refractivity contribution is 5.63. The van der Waals surface area contributed by atoms with Gasteiger partial charge < -0.3 is 0 Å². The zero-order valence-corrected chi connectivity index (χ0v) is 14.5. The third-order valence-corrected chi connectivity index (χ3v) is 5.96. The van der Waals surface area contributed by atoms with Crippen LogP contribution in [0.15, 0.2) is 42.6 Å². The normalized spacial score (nSPS) is 24.6. The third-order valence-electron chi connectivity index (χ3n) is 5.96. The predicted molar refractivity (Wildman–Crippen MR) is 95.4 cm³/mol. The summed E-state index contributed by atoms with van der Waals surface area (Å²) in [5.74, 6) is 2.42. The predicted octanol–water partition coefficient (Wildman–Crippen LogP) is 5.35. The van der Waals surface area contributed by atoms with E-state index in [4.69, 9.17) is 0 Å². The standard InChI is InChI=1S/C22H28N/c1-16-13-21(16)22-12-11-20(15-23(22)2)19-10-6-9-18(14-19)17-7-4-3-5-8-17/h6,9-12,14-17,21H,3-5,7-8,13H2,1-2H3/q+1. The van der Waals surface area contributed by atoms with Crippen LogP contribution < -0.4 is 4.57 Å². The van der Waals surface area contributed by atoms with E-state index in [1.54, 1.807) is 5.56 Å². The fourth-order valence-electron chi connectivity index (χ4n) is 4.32. The van der Waals surface area contributed by atoms with Gasteiger partial charge in [0.1, 0.15) is 7.05 Å². The summed E-state index contributed by atoms with van der Waals surface area (Å²) in [5, 5.41) is 0. The molecule has 0 bridgehead atoms. The van der Waals surface area contributed by atoms with Crippen molar-refractivity contribution >= 4 is 0 Å². The van der Waals surface area contributed by atoms with Crippen LogP contribution in [0.2, 0.25) is 0 Å². The minimum atomic E-state index is 0.780. The van der Waals surface area contributed by atoms with Crippen LogP contribution in [0.4, 0.5) is 0 Å². The van der Waals surface area contributed by atoms with E-state index in [0.29, 0.717) is 0 Å². The van der Waals surface area contributed by atoms with Gasteiger partial charge in [-0.2, -0.15) is 0 Å². The molecule has 2 saturated carbocycles. The van der Waals surface area contributed by atoms with Gasteiger partial charge >= 0.3 is 0 Å². The number of benzene rings is 1. The first kappa shape index (κ1) is 14.9. The molecule has 0 amide bonds. The first-order chi connectivity index (χ1) is 11.2. The maximum Gasteiger partial charge on any atom is 0.184 e. The molecule has 0 aliphatic heterocycles. The van der Waals surface area contributed by atoms with Crippen molar-refractivity contribution in [1.29, 1.82) is 0 Å². The maximum atomic E-state index is 2.44.